The summed E-state index contributed by atoms with van der Waals surface area (Å²) in [5.41, 5.74) is -0.203. The summed E-state index contributed by atoms with van der Waals surface area (Å²) in [6.07, 6.45) is 0. The van der Waals surface area contributed by atoms with Crippen molar-refractivity contribution in [3.63, 3.8) is 0 Å². The van der Waals surface area contributed by atoms with E-state index in [2.05, 4.69) is 5.32 Å². The van der Waals surface area contributed by atoms with Crippen molar-refractivity contribution in [3.8, 4) is 5.75 Å². The Morgan fingerprint density at radius 3 is 2.50 bits per heavy atom. The summed E-state index contributed by atoms with van der Waals surface area (Å²) in [6, 6.07) is 2.17. The Morgan fingerprint density at radius 2 is 2.06 bits per heavy atom. The zero-order valence-electron chi connectivity index (χ0n) is 10.9. The maximum absolute atomic E-state index is 13.7. The molecule has 0 spiro atoms. The van der Waals surface area contributed by atoms with Gasteiger partial charge in [0.05, 0.1) is 23.8 Å². The van der Waals surface area contributed by atoms with E-state index in [9.17, 15) is 14.5 Å². The van der Waals surface area contributed by atoms with Gasteiger partial charge in [-0.3, -0.25) is 10.1 Å². The van der Waals surface area contributed by atoms with Crippen LogP contribution in [0.25, 0.3) is 0 Å². The number of ether oxygens (including phenoxy) is 1. The van der Waals surface area contributed by atoms with Gasteiger partial charge < -0.3 is 10.1 Å². The second kappa shape index (κ2) is 5.20. The van der Waals surface area contributed by atoms with Gasteiger partial charge in [0, 0.05) is 12.6 Å². The molecule has 0 aliphatic heterocycles. The summed E-state index contributed by atoms with van der Waals surface area (Å²) in [5.74, 6) is -0.621. The van der Waals surface area contributed by atoms with E-state index in [4.69, 9.17) is 4.74 Å². The summed E-state index contributed by atoms with van der Waals surface area (Å²) in [6.45, 7) is 6.55. The van der Waals surface area contributed by atoms with Crippen LogP contribution in [0.3, 0.4) is 0 Å². The van der Waals surface area contributed by atoms with Crippen molar-refractivity contribution in [1.29, 1.82) is 0 Å². The number of nitro benzene ring substituents is 1. The van der Waals surface area contributed by atoms with Crippen LogP contribution in [0.2, 0.25) is 0 Å². The molecule has 1 aromatic rings. The smallest absolute Gasteiger partial charge is 0.313 e. The molecule has 0 atom stereocenters. The van der Waals surface area contributed by atoms with Crippen LogP contribution in [0, 0.1) is 21.3 Å². The molecule has 0 unspecified atom stereocenters. The molecule has 0 heterocycles. The highest BCUT2D eigenvalue weighted by Gasteiger charge is 2.20. The first-order valence-electron chi connectivity index (χ1n) is 5.50. The van der Waals surface area contributed by atoms with E-state index in [1.807, 2.05) is 20.8 Å². The zero-order valence-corrected chi connectivity index (χ0v) is 10.9. The van der Waals surface area contributed by atoms with Crippen molar-refractivity contribution in [1.82, 2.24) is 0 Å². The highest BCUT2D eigenvalue weighted by Crippen LogP contribution is 2.32. The van der Waals surface area contributed by atoms with Crippen molar-refractivity contribution in [2.45, 2.75) is 20.8 Å². The Kier molecular flexibility index (Phi) is 4.11. The van der Waals surface area contributed by atoms with Crippen molar-refractivity contribution in [2.75, 3.05) is 19.0 Å². The Balaban J connectivity index is 3.04. The van der Waals surface area contributed by atoms with Crippen LogP contribution in [0.1, 0.15) is 20.8 Å². The van der Waals surface area contributed by atoms with E-state index in [1.54, 1.807) is 0 Å². The molecule has 1 aromatic carbocycles. The molecular formula is C12H17FN2O3. The normalized spacial score (nSPS) is 11.2. The minimum Gasteiger partial charge on any atom is -0.490 e. The maximum atomic E-state index is 13.7. The summed E-state index contributed by atoms with van der Waals surface area (Å²) >= 11 is 0. The molecule has 0 fully saturated rings. The third-order valence-corrected chi connectivity index (χ3v) is 2.27. The van der Waals surface area contributed by atoms with Crippen LogP contribution >= 0.6 is 0 Å². The molecule has 0 aliphatic rings. The van der Waals surface area contributed by atoms with Gasteiger partial charge in [0.1, 0.15) is 0 Å². The molecule has 0 amide bonds. The van der Waals surface area contributed by atoms with Crippen LogP contribution in [0.15, 0.2) is 12.1 Å². The number of nitrogens with one attached hydrogen (secondary N) is 1. The monoisotopic (exact) mass is 256 g/mol. The number of anilines is 1. The van der Waals surface area contributed by atoms with E-state index < -0.39 is 10.7 Å². The summed E-state index contributed by atoms with van der Waals surface area (Å²) in [4.78, 5) is 10.0. The first kappa shape index (κ1) is 14.2. The highest BCUT2D eigenvalue weighted by atomic mass is 19.1. The Hall–Kier alpha value is -1.85. The van der Waals surface area contributed by atoms with Crippen LogP contribution in [0.5, 0.6) is 5.75 Å². The zero-order chi connectivity index (χ0) is 13.9. The molecule has 0 radical (unpaired) electrons. The van der Waals surface area contributed by atoms with Gasteiger partial charge >= 0.3 is 5.69 Å². The van der Waals surface area contributed by atoms with Crippen LogP contribution in [-0.4, -0.2) is 18.6 Å². The Bertz CT molecular complexity index is 455. The van der Waals surface area contributed by atoms with Gasteiger partial charge in [-0.25, -0.2) is 4.39 Å². The molecule has 0 saturated heterocycles. The lowest BCUT2D eigenvalue weighted by molar-refractivity contribution is -0.385. The molecule has 100 valence electrons. The SMILES string of the molecule is COc1cc(NCC(C)(C)C)c(F)cc1[N+](=O)[O-]. The minimum atomic E-state index is -0.671. The molecule has 0 saturated carbocycles. The first-order valence-corrected chi connectivity index (χ1v) is 5.50. The summed E-state index contributed by atoms with van der Waals surface area (Å²) < 4.78 is 18.6. The standard InChI is InChI=1S/C12H17FN2O3/c1-12(2,3)7-14-9-6-11(18-4)10(15(16)17)5-8(9)13/h5-6,14H,7H2,1-4H3. The number of rotatable bonds is 4. The van der Waals surface area contributed by atoms with E-state index in [1.165, 1.54) is 13.2 Å². The maximum Gasteiger partial charge on any atom is 0.313 e. The topological polar surface area (TPSA) is 64.4 Å². The van der Waals surface area contributed by atoms with E-state index >= 15 is 0 Å². The molecule has 1 rings (SSSR count). The van der Waals surface area contributed by atoms with E-state index in [0.717, 1.165) is 6.07 Å². The molecule has 0 aliphatic carbocycles. The van der Waals surface area contributed by atoms with Gasteiger partial charge in [0.25, 0.3) is 0 Å². The quantitative estimate of drug-likeness (QED) is 0.663. The number of hydrogen-bond acceptors (Lipinski definition) is 4. The number of halogens is 1. The minimum absolute atomic E-state index is 0.0263. The number of nitro groups is 1. The Labute approximate surface area is 105 Å². The molecular weight excluding hydrogens is 239 g/mol. The van der Waals surface area contributed by atoms with Crippen molar-refractivity contribution < 1.29 is 14.1 Å². The number of benzene rings is 1. The summed E-state index contributed by atoms with van der Waals surface area (Å²) in [5, 5.41) is 13.6. The van der Waals surface area contributed by atoms with Crippen LogP contribution in [0.4, 0.5) is 15.8 Å². The predicted molar refractivity (Wildman–Crippen MR) is 67.6 cm³/mol. The van der Waals surface area contributed by atoms with Gasteiger partial charge in [0.2, 0.25) is 0 Å². The lowest BCUT2D eigenvalue weighted by Gasteiger charge is -2.20. The second-order valence-corrected chi connectivity index (χ2v) is 5.18. The van der Waals surface area contributed by atoms with E-state index in [-0.39, 0.29) is 22.5 Å². The average Bonchev–Trinajstić information content (AvgIpc) is 2.25. The van der Waals surface area contributed by atoms with E-state index in [0.29, 0.717) is 6.54 Å². The third-order valence-electron chi connectivity index (χ3n) is 2.27. The first-order chi connectivity index (χ1) is 8.24. The summed E-state index contributed by atoms with van der Waals surface area (Å²) in [7, 11) is 1.31. The molecule has 18 heavy (non-hydrogen) atoms. The van der Waals surface area contributed by atoms with Gasteiger partial charge in [0.15, 0.2) is 11.6 Å². The van der Waals surface area contributed by atoms with Gasteiger partial charge in [-0.2, -0.15) is 0 Å². The molecule has 0 aromatic heterocycles. The molecule has 0 bridgehead atoms. The fourth-order valence-corrected chi connectivity index (χ4v) is 1.34. The molecule has 5 nitrogen and oxygen atoms in total. The number of nitrogens with zero attached hydrogens (tertiary/aromatic N) is 1. The predicted octanol–water partition coefficient (Wildman–Crippen LogP) is 3.20. The third kappa shape index (κ3) is 3.58. The number of methoxy groups -OCH3 is 1. The van der Waals surface area contributed by atoms with Gasteiger partial charge in [-0.05, 0) is 5.41 Å². The van der Waals surface area contributed by atoms with Crippen LogP contribution < -0.4 is 10.1 Å². The van der Waals surface area contributed by atoms with Crippen molar-refractivity contribution >= 4 is 11.4 Å². The van der Waals surface area contributed by atoms with Crippen LogP contribution in [-0.2, 0) is 0 Å². The molecule has 6 heteroatoms. The van der Waals surface area contributed by atoms with Crippen molar-refractivity contribution in [3.05, 3.63) is 28.1 Å². The van der Waals surface area contributed by atoms with Gasteiger partial charge in [-0.1, -0.05) is 20.8 Å². The average molecular weight is 256 g/mol. The second-order valence-electron chi connectivity index (χ2n) is 5.18. The lowest BCUT2D eigenvalue weighted by atomic mass is 9.97. The fraction of sp³-hybridized carbons (Fsp3) is 0.500. The van der Waals surface area contributed by atoms with Crippen molar-refractivity contribution in [2.24, 2.45) is 5.41 Å². The number of hydrogen-bond donors (Lipinski definition) is 1. The molecule has 1 N–H and O–H groups in total. The highest BCUT2D eigenvalue weighted by molar-refractivity contribution is 5.59. The van der Waals surface area contributed by atoms with Gasteiger partial charge in [-0.15, -0.1) is 0 Å². The fourth-order valence-electron chi connectivity index (χ4n) is 1.34. The lowest BCUT2D eigenvalue weighted by Crippen LogP contribution is -2.19. The Morgan fingerprint density at radius 1 is 1.44 bits per heavy atom. The largest absolute Gasteiger partial charge is 0.490 e.